The molecule has 0 atom stereocenters. The van der Waals surface area contributed by atoms with E-state index in [9.17, 15) is 8.42 Å². The van der Waals surface area contributed by atoms with Gasteiger partial charge in [-0.1, -0.05) is 6.92 Å². The highest BCUT2D eigenvalue weighted by atomic mass is 32.2. The van der Waals surface area contributed by atoms with Gasteiger partial charge in [0.2, 0.25) is 10.0 Å². The van der Waals surface area contributed by atoms with Gasteiger partial charge in [0, 0.05) is 11.8 Å². The van der Waals surface area contributed by atoms with E-state index in [4.69, 9.17) is 9.47 Å². The van der Waals surface area contributed by atoms with Crippen LogP contribution in [0.5, 0.6) is 11.5 Å². The number of benzene rings is 1. The number of hydrogen-bond acceptors (Lipinski definition) is 7. The molecule has 1 aliphatic heterocycles. The van der Waals surface area contributed by atoms with Crippen molar-refractivity contribution in [3.8, 4) is 11.5 Å². The number of nitrogens with zero attached hydrogens (tertiary/aromatic N) is 2. The molecule has 1 aliphatic rings. The predicted molar refractivity (Wildman–Crippen MR) is 90.4 cm³/mol. The van der Waals surface area contributed by atoms with E-state index in [-0.39, 0.29) is 11.6 Å². The van der Waals surface area contributed by atoms with Crippen LogP contribution in [0.2, 0.25) is 0 Å². The average Bonchev–Trinajstić information content (AvgIpc) is 2.56. The maximum absolute atomic E-state index is 11.7. The lowest BCUT2D eigenvalue weighted by atomic mass is 10.2. The molecule has 0 fully saturated rings. The molecule has 2 aromatic rings. The van der Waals surface area contributed by atoms with E-state index in [1.165, 1.54) is 0 Å². The smallest absolute Gasteiger partial charge is 0.233 e. The van der Waals surface area contributed by atoms with E-state index in [1.54, 1.807) is 19.1 Å². The summed E-state index contributed by atoms with van der Waals surface area (Å²) in [6.45, 7) is 2.86. The fourth-order valence-electron chi connectivity index (χ4n) is 2.20. The minimum Gasteiger partial charge on any atom is -0.486 e. The van der Waals surface area contributed by atoms with E-state index < -0.39 is 10.0 Å². The molecule has 0 radical (unpaired) electrons. The van der Waals surface area contributed by atoms with Crippen molar-refractivity contribution < 1.29 is 17.9 Å². The van der Waals surface area contributed by atoms with Crippen molar-refractivity contribution in [2.75, 3.05) is 29.0 Å². The number of nitrogens with one attached hydrogen (secondary N) is 2. The Morgan fingerprint density at radius 2 is 1.75 bits per heavy atom. The Labute approximate surface area is 140 Å². The Morgan fingerprint density at radius 1 is 1.04 bits per heavy atom. The normalized spacial score (nSPS) is 13.4. The van der Waals surface area contributed by atoms with Gasteiger partial charge in [-0.15, -0.1) is 10.2 Å². The van der Waals surface area contributed by atoms with E-state index >= 15 is 0 Å². The molecule has 0 bridgehead atoms. The van der Waals surface area contributed by atoms with Gasteiger partial charge in [0.25, 0.3) is 0 Å². The molecule has 1 aromatic heterocycles. The maximum atomic E-state index is 11.7. The van der Waals surface area contributed by atoms with Crippen molar-refractivity contribution in [2.45, 2.75) is 13.3 Å². The second-order valence-corrected chi connectivity index (χ2v) is 7.05. The first-order valence-electron chi connectivity index (χ1n) is 7.56. The molecular formula is C15H18N4O4S. The second-order valence-electron chi connectivity index (χ2n) is 5.21. The molecule has 0 saturated heterocycles. The zero-order valence-corrected chi connectivity index (χ0v) is 14.0. The van der Waals surface area contributed by atoms with Crippen LogP contribution in [0, 0.1) is 0 Å². The summed E-state index contributed by atoms with van der Waals surface area (Å²) in [5, 5.41) is 10.9. The van der Waals surface area contributed by atoms with Crippen LogP contribution in [0.1, 0.15) is 13.3 Å². The molecule has 128 valence electrons. The number of aromatic nitrogens is 2. The van der Waals surface area contributed by atoms with Crippen LogP contribution in [-0.4, -0.2) is 37.6 Å². The van der Waals surface area contributed by atoms with Crippen LogP contribution in [0.15, 0.2) is 30.3 Å². The standard InChI is InChI=1S/C15H18N4O4S/c1-2-9-24(20,21)19-15-6-5-14(17-18-15)16-11-3-4-12-13(10-11)23-8-7-22-12/h3-6,10H,2,7-9H2,1H3,(H,16,17)(H,18,19). The van der Waals surface area contributed by atoms with Gasteiger partial charge >= 0.3 is 0 Å². The summed E-state index contributed by atoms with van der Waals surface area (Å²) in [6.07, 6.45) is 0.534. The van der Waals surface area contributed by atoms with Crippen molar-refractivity contribution >= 4 is 27.3 Å². The minimum atomic E-state index is -3.37. The Kier molecular flexibility index (Phi) is 4.70. The van der Waals surface area contributed by atoms with E-state index in [2.05, 4.69) is 20.2 Å². The van der Waals surface area contributed by atoms with Gasteiger partial charge in [0.1, 0.15) is 13.2 Å². The number of hydrogen-bond donors (Lipinski definition) is 2. The molecule has 0 aliphatic carbocycles. The number of sulfonamides is 1. The summed E-state index contributed by atoms with van der Waals surface area (Å²) in [7, 11) is -3.37. The van der Waals surface area contributed by atoms with Crippen LogP contribution in [0.4, 0.5) is 17.3 Å². The highest BCUT2D eigenvalue weighted by Crippen LogP contribution is 2.33. The molecule has 2 N–H and O–H groups in total. The Bertz CT molecular complexity index is 809. The van der Waals surface area contributed by atoms with Gasteiger partial charge in [-0.05, 0) is 30.7 Å². The van der Waals surface area contributed by atoms with E-state index in [0.717, 1.165) is 5.69 Å². The second kappa shape index (κ2) is 6.91. The molecule has 2 heterocycles. The van der Waals surface area contributed by atoms with Crippen LogP contribution in [0.25, 0.3) is 0 Å². The summed E-state index contributed by atoms with van der Waals surface area (Å²) in [6, 6.07) is 8.67. The third kappa shape index (κ3) is 4.05. The lowest BCUT2D eigenvalue weighted by Gasteiger charge is -2.19. The molecule has 1 aromatic carbocycles. The number of anilines is 3. The van der Waals surface area contributed by atoms with Crippen molar-refractivity contribution in [1.29, 1.82) is 0 Å². The largest absolute Gasteiger partial charge is 0.486 e. The first-order valence-corrected chi connectivity index (χ1v) is 9.22. The molecule has 24 heavy (non-hydrogen) atoms. The highest BCUT2D eigenvalue weighted by molar-refractivity contribution is 7.92. The Morgan fingerprint density at radius 3 is 2.46 bits per heavy atom. The first-order chi connectivity index (χ1) is 11.6. The quantitative estimate of drug-likeness (QED) is 0.823. The Hall–Kier alpha value is -2.55. The summed E-state index contributed by atoms with van der Waals surface area (Å²) >= 11 is 0. The van der Waals surface area contributed by atoms with Crippen molar-refractivity contribution in [2.24, 2.45) is 0 Å². The molecule has 3 rings (SSSR count). The summed E-state index contributed by atoms with van der Waals surface area (Å²) in [5.74, 6) is 2.11. The molecule has 0 amide bonds. The fourth-order valence-corrected chi connectivity index (χ4v) is 3.27. The van der Waals surface area contributed by atoms with Gasteiger partial charge < -0.3 is 14.8 Å². The third-order valence-corrected chi connectivity index (χ3v) is 4.68. The molecule has 8 nitrogen and oxygen atoms in total. The summed E-state index contributed by atoms with van der Waals surface area (Å²) < 4.78 is 36.8. The molecular weight excluding hydrogens is 332 g/mol. The monoisotopic (exact) mass is 350 g/mol. The predicted octanol–water partition coefficient (Wildman–Crippen LogP) is 2.14. The maximum Gasteiger partial charge on any atom is 0.233 e. The highest BCUT2D eigenvalue weighted by Gasteiger charge is 2.13. The van der Waals surface area contributed by atoms with Gasteiger partial charge in [-0.2, -0.15) is 0 Å². The first kappa shape index (κ1) is 16.3. The Balaban J connectivity index is 1.68. The third-order valence-electron chi connectivity index (χ3n) is 3.21. The molecule has 0 unspecified atom stereocenters. The van der Waals surface area contributed by atoms with Gasteiger partial charge in [-0.25, -0.2) is 8.42 Å². The van der Waals surface area contributed by atoms with Gasteiger partial charge in [0.15, 0.2) is 23.1 Å². The van der Waals surface area contributed by atoms with Crippen molar-refractivity contribution in [3.63, 3.8) is 0 Å². The molecule has 9 heteroatoms. The minimum absolute atomic E-state index is 0.0475. The van der Waals surface area contributed by atoms with E-state index in [1.807, 2.05) is 18.2 Å². The van der Waals surface area contributed by atoms with Crippen LogP contribution in [0.3, 0.4) is 0 Å². The average molecular weight is 350 g/mol. The van der Waals surface area contributed by atoms with Gasteiger partial charge in [0.05, 0.1) is 5.75 Å². The SMILES string of the molecule is CCCS(=O)(=O)Nc1ccc(Nc2ccc3c(c2)OCCO3)nn1. The number of ether oxygens (including phenoxy) is 2. The fraction of sp³-hybridized carbons (Fsp3) is 0.333. The summed E-state index contributed by atoms with van der Waals surface area (Å²) in [5.41, 5.74) is 0.771. The summed E-state index contributed by atoms with van der Waals surface area (Å²) in [4.78, 5) is 0. The number of fused-ring (bicyclic) bond motifs is 1. The topological polar surface area (TPSA) is 102 Å². The van der Waals surface area contributed by atoms with Gasteiger partial charge in [-0.3, -0.25) is 4.72 Å². The number of rotatable bonds is 6. The molecule has 0 saturated carbocycles. The zero-order chi connectivity index (χ0) is 17.0. The lowest BCUT2D eigenvalue weighted by molar-refractivity contribution is 0.171. The van der Waals surface area contributed by atoms with Crippen LogP contribution in [-0.2, 0) is 10.0 Å². The van der Waals surface area contributed by atoms with Crippen LogP contribution >= 0.6 is 0 Å². The van der Waals surface area contributed by atoms with Crippen LogP contribution < -0.4 is 19.5 Å². The van der Waals surface area contributed by atoms with Crippen molar-refractivity contribution in [3.05, 3.63) is 30.3 Å². The van der Waals surface area contributed by atoms with Crippen molar-refractivity contribution in [1.82, 2.24) is 10.2 Å². The lowest BCUT2D eigenvalue weighted by Crippen LogP contribution is -2.17. The van der Waals surface area contributed by atoms with E-state index in [0.29, 0.717) is 37.0 Å². The zero-order valence-electron chi connectivity index (χ0n) is 13.2. The molecule has 0 spiro atoms.